The second kappa shape index (κ2) is 5.89. The van der Waals surface area contributed by atoms with Crippen molar-refractivity contribution in [3.8, 4) is 0 Å². The van der Waals surface area contributed by atoms with E-state index < -0.39 is 0 Å². The molecule has 0 amide bonds. The van der Waals surface area contributed by atoms with Crippen LogP contribution in [-0.4, -0.2) is 50.3 Å². The maximum Gasteiger partial charge on any atom is 0.0700 e. The highest BCUT2D eigenvalue weighted by atomic mass is 16.5. The molecule has 3 atom stereocenters. The summed E-state index contributed by atoms with van der Waals surface area (Å²) in [5.74, 6) is 0.806. The lowest BCUT2D eigenvalue weighted by molar-refractivity contribution is -0.0353. The summed E-state index contributed by atoms with van der Waals surface area (Å²) in [6.45, 7) is 11.4. The van der Waals surface area contributed by atoms with E-state index >= 15 is 0 Å². The van der Waals surface area contributed by atoms with Crippen LogP contribution in [0, 0.1) is 11.3 Å². The first-order valence-corrected chi connectivity index (χ1v) is 7.58. The van der Waals surface area contributed by atoms with E-state index in [-0.39, 0.29) is 0 Å². The Hall–Kier alpha value is -0.120. The Bertz CT molecular complexity index is 267. The lowest BCUT2D eigenvalue weighted by atomic mass is 9.85. The van der Waals surface area contributed by atoms with Crippen LogP contribution < -0.4 is 5.32 Å². The van der Waals surface area contributed by atoms with Crippen molar-refractivity contribution in [2.75, 3.05) is 33.3 Å². The van der Waals surface area contributed by atoms with Crippen LogP contribution in [0.3, 0.4) is 0 Å². The van der Waals surface area contributed by atoms with Gasteiger partial charge in [-0.15, -0.1) is 0 Å². The molecule has 1 aliphatic carbocycles. The van der Waals surface area contributed by atoms with Crippen LogP contribution in [0.4, 0.5) is 0 Å². The third-order valence-electron chi connectivity index (χ3n) is 4.95. The second-order valence-electron chi connectivity index (χ2n) is 6.71. The molecular formula is C15H30N2O. The van der Waals surface area contributed by atoms with E-state index in [4.69, 9.17) is 4.74 Å². The summed E-state index contributed by atoms with van der Waals surface area (Å²) in [7, 11) is 2.12. The van der Waals surface area contributed by atoms with Crippen molar-refractivity contribution in [3.05, 3.63) is 0 Å². The Morgan fingerprint density at radius 3 is 2.83 bits per heavy atom. The van der Waals surface area contributed by atoms with Gasteiger partial charge < -0.3 is 10.1 Å². The van der Waals surface area contributed by atoms with E-state index in [2.05, 4.69) is 38.0 Å². The van der Waals surface area contributed by atoms with Gasteiger partial charge >= 0.3 is 0 Å². The van der Waals surface area contributed by atoms with E-state index in [0.29, 0.717) is 17.6 Å². The standard InChI is InChI=1S/C15H30N2O/c1-5-13-11-17(8-9-18-13)10-12-6-7-15(2,3)14(12)16-4/h12-14,16H,5-11H2,1-4H3. The Kier molecular flexibility index (Phi) is 4.68. The summed E-state index contributed by atoms with van der Waals surface area (Å²) >= 11 is 0. The van der Waals surface area contributed by atoms with E-state index in [9.17, 15) is 0 Å². The van der Waals surface area contributed by atoms with E-state index in [1.165, 1.54) is 19.4 Å². The second-order valence-corrected chi connectivity index (χ2v) is 6.71. The summed E-state index contributed by atoms with van der Waals surface area (Å²) < 4.78 is 5.76. The number of rotatable bonds is 4. The lowest BCUT2D eigenvalue weighted by Crippen LogP contribution is -2.48. The summed E-state index contributed by atoms with van der Waals surface area (Å²) in [6.07, 6.45) is 4.32. The minimum Gasteiger partial charge on any atom is -0.376 e. The van der Waals surface area contributed by atoms with Crippen molar-refractivity contribution >= 4 is 0 Å². The van der Waals surface area contributed by atoms with Crippen molar-refractivity contribution in [1.29, 1.82) is 0 Å². The quantitative estimate of drug-likeness (QED) is 0.832. The van der Waals surface area contributed by atoms with Gasteiger partial charge in [0.2, 0.25) is 0 Å². The minimum absolute atomic E-state index is 0.454. The zero-order valence-electron chi connectivity index (χ0n) is 12.5. The van der Waals surface area contributed by atoms with E-state index in [1.54, 1.807) is 0 Å². The number of nitrogens with one attached hydrogen (secondary N) is 1. The zero-order chi connectivity index (χ0) is 13.2. The Morgan fingerprint density at radius 2 is 2.17 bits per heavy atom. The summed E-state index contributed by atoms with van der Waals surface area (Å²) in [6, 6.07) is 0.667. The summed E-state index contributed by atoms with van der Waals surface area (Å²) in [5, 5.41) is 3.56. The molecule has 1 heterocycles. The van der Waals surface area contributed by atoms with Gasteiger partial charge in [-0.1, -0.05) is 20.8 Å². The molecule has 3 heteroatoms. The molecule has 2 aliphatic rings. The Morgan fingerprint density at radius 1 is 1.39 bits per heavy atom. The Balaban J connectivity index is 1.89. The van der Waals surface area contributed by atoms with Crippen LogP contribution in [0.1, 0.15) is 40.0 Å². The molecule has 0 aromatic carbocycles. The molecule has 0 spiro atoms. The molecule has 3 unspecified atom stereocenters. The zero-order valence-corrected chi connectivity index (χ0v) is 12.5. The van der Waals surface area contributed by atoms with Crippen molar-refractivity contribution in [3.63, 3.8) is 0 Å². The van der Waals surface area contributed by atoms with Crippen LogP contribution in [0.25, 0.3) is 0 Å². The van der Waals surface area contributed by atoms with Crippen molar-refractivity contribution in [2.45, 2.75) is 52.2 Å². The van der Waals surface area contributed by atoms with E-state index in [1.807, 2.05) is 0 Å². The highest BCUT2D eigenvalue weighted by Gasteiger charge is 2.41. The highest BCUT2D eigenvalue weighted by Crippen LogP contribution is 2.41. The predicted molar refractivity (Wildman–Crippen MR) is 75.8 cm³/mol. The van der Waals surface area contributed by atoms with Gasteiger partial charge in [0.05, 0.1) is 12.7 Å². The summed E-state index contributed by atoms with van der Waals surface area (Å²) in [5.41, 5.74) is 0.454. The SMILES string of the molecule is CCC1CN(CC2CCC(C)(C)C2NC)CCO1. The normalized spacial score (nSPS) is 37.0. The van der Waals surface area contributed by atoms with Crippen LogP contribution >= 0.6 is 0 Å². The molecule has 0 bridgehead atoms. The molecule has 18 heavy (non-hydrogen) atoms. The lowest BCUT2D eigenvalue weighted by Gasteiger charge is -2.37. The fourth-order valence-corrected chi connectivity index (χ4v) is 3.87. The fraction of sp³-hybridized carbons (Fsp3) is 1.00. The van der Waals surface area contributed by atoms with Crippen LogP contribution in [0.2, 0.25) is 0 Å². The smallest absolute Gasteiger partial charge is 0.0700 e. The molecular weight excluding hydrogens is 224 g/mol. The first kappa shape index (κ1) is 14.3. The molecule has 2 fully saturated rings. The monoisotopic (exact) mass is 254 g/mol. The van der Waals surface area contributed by atoms with Gasteiger partial charge in [-0.3, -0.25) is 4.90 Å². The van der Waals surface area contributed by atoms with Gasteiger partial charge in [0.15, 0.2) is 0 Å². The third kappa shape index (κ3) is 3.06. The molecule has 0 radical (unpaired) electrons. The maximum atomic E-state index is 5.76. The van der Waals surface area contributed by atoms with Gasteiger partial charge in [-0.2, -0.15) is 0 Å². The number of hydrogen-bond acceptors (Lipinski definition) is 3. The van der Waals surface area contributed by atoms with Crippen molar-refractivity contribution < 1.29 is 4.74 Å². The van der Waals surface area contributed by atoms with Crippen molar-refractivity contribution in [1.82, 2.24) is 10.2 Å². The van der Waals surface area contributed by atoms with Gasteiger partial charge in [0.25, 0.3) is 0 Å². The first-order chi connectivity index (χ1) is 8.56. The van der Waals surface area contributed by atoms with Crippen LogP contribution in [0.15, 0.2) is 0 Å². The molecule has 1 aliphatic heterocycles. The molecule has 1 saturated heterocycles. The molecule has 0 aromatic heterocycles. The van der Waals surface area contributed by atoms with Crippen LogP contribution in [0.5, 0.6) is 0 Å². The molecule has 2 rings (SSSR count). The average Bonchev–Trinajstić information content (AvgIpc) is 2.64. The molecule has 106 valence electrons. The number of morpholine rings is 1. The molecule has 1 N–H and O–H groups in total. The Labute approximate surface area is 112 Å². The largest absolute Gasteiger partial charge is 0.376 e. The number of nitrogens with zero attached hydrogens (tertiary/aromatic N) is 1. The molecule has 3 nitrogen and oxygen atoms in total. The maximum absolute atomic E-state index is 5.76. The topological polar surface area (TPSA) is 24.5 Å². The molecule has 1 saturated carbocycles. The first-order valence-electron chi connectivity index (χ1n) is 7.58. The summed E-state index contributed by atoms with van der Waals surface area (Å²) in [4.78, 5) is 2.62. The molecule has 0 aromatic rings. The van der Waals surface area contributed by atoms with Gasteiger partial charge in [0, 0.05) is 25.7 Å². The van der Waals surface area contributed by atoms with Crippen molar-refractivity contribution in [2.24, 2.45) is 11.3 Å². The fourth-order valence-electron chi connectivity index (χ4n) is 3.87. The van der Waals surface area contributed by atoms with Gasteiger partial charge in [-0.05, 0) is 37.6 Å². The van der Waals surface area contributed by atoms with Gasteiger partial charge in [0.1, 0.15) is 0 Å². The highest BCUT2D eigenvalue weighted by molar-refractivity contribution is 4.96. The van der Waals surface area contributed by atoms with E-state index in [0.717, 1.165) is 32.0 Å². The minimum atomic E-state index is 0.454. The number of hydrogen-bond donors (Lipinski definition) is 1. The van der Waals surface area contributed by atoms with Gasteiger partial charge in [-0.25, -0.2) is 0 Å². The van der Waals surface area contributed by atoms with Crippen LogP contribution in [-0.2, 0) is 4.74 Å². The average molecular weight is 254 g/mol. The third-order valence-corrected chi connectivity index (χ3v) is 4.95. The number of ether oxygens (including phenoxy) is 1. The predicted octanol–water partition coefficient (Wildman–Crippen LogP) is 2.12.